The van der Waals surface area contributed by atoms with Crippen molar-refractivity contribution in [2.45, 2.75) is 44.7 Å². The SMILES string of the molecule is C[C@@H](NC(=O)N[C@@H](c1ccc(F)cc1)C1CCCC1)c1nncn1C. The van der Waals surface area contributed by atoms with Crippen molar-refractivity contribution < 1.29 is 9.18 Å². The van der Waals surface area contributed by atoms with E-state index in [0.717, 1.165) is 18.4 Å². The lowest BCUT2D eigenvalue weighted by molar-refractivity contribution is 0.227. The number of hydrogen-bond acceptors (Lipinski definition) is 3. The number of nitrogens with one attached hydrogen (secondary N) is 2. The zero-order valence-corrected chi connectivity index (χ0v) is 14.6. The predicted molar refractivity (Wildman–Crippen MR) is 92.2 cm³/mol. The summed E-state index contributed by atoms with van der Waals surface area (Å²) < 4.78 is 15.0. The second-order valence-electron chi connectivity index (χ2n) is 6.71. The number of nitrogens with zero attached hydrogens (tertiary/aromatic N) is 3. The highest BCUT2D eigenvalue weighted by Crippen LogP contribution is 2.35. The lowest BCUT2D eigenvalue weighted by Crippen LogP contribution is -2.41. The van der Waals surface area contributed by atoms with Crippen LogP contribution in [0.5, 0.6) is 0 Å². The van der Waals surface area contributed by atoms with Gasteiger partial charge in [0.2, 0.25) is 0 Å². The summed E-state index contributed by atoms with van der Waals surface area (Å²) in [4.78, 5) is 12.5. The van der Waals surface area contributed by atoms with Gasteiger partial charge >= 0.3 is 6.03 Å². The van der Waals surface area contributed by atoms with E-state index >= 15 is 0 Å². The third-order valence-electron chi connectivity index (χ3n) is 4.87. The van der Waals surface area contributed by atoms with E-state index < -0.39 is 0 Å². The molecule has 2 N–H and O–H groups in total. The molecule has 1 aromatic heterocycles. The van der Waals surface area contributed by atoms with Crippen molar-refractivity contribution in [3.63, 3.8) is 0 Å². The van der Waals surface area contributed by atoms with Crippen molar-refractivity contribution in [3.8, 4) is 0 Å². The van der Waals surface area contributed by atoms with Crippen molar-refractivity contribution in [3.05, 3.63) is 47.8 Å². The quantitative estimate of drug-likeness (QED) is 0.874. The van der Waals surface area contributed by atoms with Gasteiger partial charge in [0.25, 0.3) is 0 Å². The Balaban J connectivity index is 1.70. The Hall–Kier alpha value is -2.44. The van der Waals surface area contributed by atoms with Gasteiger partial charge in [0.15, 0.2) is 5.82 Å². The van der Waals surface area contributed by atoms with Crippen LogP contribution in [0.15, 0.2) is 30.6 Å². The summed E-state index contributed by atoms with van der Waals surface area (Å²) in [5.41, 5.74) is 0.940. The first-order valence-electron chi connectivity index (χ1n) is 8.71. The standard InChI is InChI=1S/C18H24FN5O/c1-12(17-23-20-11-24(17)2)21-18(25)22-16(13-5-3-4-6-13)14-7-9-15(19)10-8-14/h7-13,16H,3-6H2,1-2H3,(H2,21,22,25)/t12-,16-/m1/s1. The van der Waals surface area contributed by atoms with Crippen molar-refractivity contribution in [2.75, 3.05) is 0 Å². The van der Waals surface area contributed by atoms with E-state index in [2.05, 4.69) is 20.8 Å². The minimum absolute atomic E-state index is 0.116. The van der Waals surface area contributed by atoms with Crippen LogP contribution in [-0.4, -0.2) is 20.8 Å². The Kier molecular flexibility index (Phi) is 5.31. The van der Waals surface area contributed by atoms with E-state index in [0.29, 0.717) is 11.7 Å². The minimum Gasteiger partial charge on any atom is -0.331 e. The number of carbonyl (C=O) groups is 1. The number of hydrogen-bond donors (Lipinski definition) is 2. The largest absolute Gasteiger partial charge is 0.331 e. The Morgan fingerprint density at radius 3 is 2.52 bits per heavy atom. The maximum Gasteiger partial charge on any atom is 0.315 e. The molecule has 0 saturated heterocycles. The second kappa shape index (κ2) is 7.63. The molecule has 6 nitrogen and oxygen atoms in total. The van der Waals surface area contributed by atoms with E-state index in [9.17, 15) is 9.18 Å². The monoisotopic (exact) mass is 345 g/mol. The Labute approximate surface area is 146 Å². The molecule has 1 aliphatic carbocycles. The van der Waals surface area contributed by atoms with Crippen LogP contribution in [0.4, 0.5) is 9.18 Å². The van der Waals surface area contributed by atoms with Crippen molar-refractivity contribution in [1.29, 1.82) is 0 Å². The molecule has 3 rings (SSSR count). The van der Waals surface area contributed by atoms with Crippen molar-refractivity contribution in [1.82, 2.24) is 25.4 Å². The van der Waals surface area contributed by atoms with E-state index in [1.54, 1.807) is 23.0 Å². The molecule has 1 saturated carbocycles. The molecule has 0 aliphatic heterocycles. The number of urea groups is 1. The van der Waals surface area contributed by atoms with E-state index in [1.807, 2.05) is 14.0 Å². The summed E-state index contributed by atoms with van der Waals surface area (Å²) in [5, 5.41) is 13.8. The third-order valence-corrected chi connectivity index (χ3v) is 4.87. The molecule has 1 heterocycles. The van der Waals surface area contributed by atoms with E-state index in [1.165, 1.54) is 25.0 Å². The fraction of sp³-hybridized carbons (Fsp3) is 0.500. The number of aryl methyl sites for hydroxylation is 1. The summed E-state index contributed by atoms with van der Waals surface area (Å²) in [5.74, 6) is 0.796. The molecule has 2 aromatic rings. The molecule has 2 atom stereocenters. The fourth-order valence-electron chi connectivity index (χ4n) is 3.56. The normalized spacial score (nSPS) is 17.2. The Bertz CT molecular complexity index is 709. The van der Waals surface area contributed by atoms with Crippen LogP contribution in [-0.2, 0) is 7.05 Å². The fourth-order valence-corrected chi connectivity index (χ4v) is 3.56. The average molecular weight is 345 g/mol. The van der Waals surface area contributed by atoms with Gasteiger partial charge < -0.3 is 15.2 Å². The first-order valence-corrected chi connectivity index (χ1v) is 8.71. The molecule has 7 heteroatoms. The van der Waals surface area contributed by atoms with Crippen LogP contribution in [0.3, 0.4) is 0 Å². The molecular formula is C18H24FN5O. The molecule has 1 aromatic carbocycles. The smallest absolute Gasteiger partial charge is 0.315 e. The molecular weight excluding hydrogens is 321 g/mol. The maximum absolute atomic E-state index is 13.2. The van der Waals surface area contributed by atoms with Gasteiger partial charge in [0.1, 0.15) is 12.1 Å². The van der Waals surface area contributed by atoms with Crippen LogP contribution >= 0.6 is 0 Å². The highest BCUT2D eigenvalue weighted by Gasteiger charge is 2.28. The molecule has 2 amide bonds. The first kappa shape index (κ1) is 17.4. The highest BCUT2D eigenvalue weighted by atomic mass is 19.1. The summed E-state index contributed by atoms with van der Waals surface area (Å²) in [6.07, 6.45) is 6.08. The molecule has 0 unspecified atom stereocenters. The maximum atomic E-state index is 13.2. The zero-order chi connectivity index (χ0) is 17.8. The summed E-state index contributed by atoms with van der Waals surface area (Å²) in [6.45, 7) is 1.87. The molecule has 1 aliphatic rings. The third kappa shape index (κ3) is 4.15. The highest BCUT2D eigenvalue weighted by molar-refractivity contribution is 5.74. The zero-order valence-electron chi connectivity index (χ0n) is 14.6. The molecule has 1 fully saturated rings. The lowest BCUT2D eigenvalue weighted by Gasteiger charge is -2.26. The minimum atomic E-state index is -0.269. The van der Waals surface area contributed by atoms with Gasteiger partial charge in [-0.15, -0.1) is 10.2 Å². The number of halogens is 1. The summed E-state index contributed by atoms with van der Waals surface area (Å²) in [7, 11) is 1.84. The predicted octanol–water partition coefficient (Wildman–Crippen LogP) is 3.25. The number of rotatable bonds is 5. The molecule has 134 valence electrons. The average Bonchev–Trinajstić information content (AvgIpc) is 3.25. The lowest BCUT2D eigenvalue weighted by atomic mass is 9.91. The Morgan fingerprint density at radius 2 is 1.92 bits per heavy atom. The van der Waals surface area contributed by atoms with E-state index in [4.69, 9.17) is 0 Å². The number of amides is 2. The number of benzene rings is 1. The van der Waals surface area contributed by atoms with Gasteiger partial charge in [-0.25, -0.2) is 9.18 Å². The molecule has 25 heavy (non-hydrogen) atoms. The van der Waals surface area contributed by atoms with Crippen LogP contribution in [0.25, 0.3) is 0 Å². The molecule has 0 spiro atoms. The van der Waals surface area contributed by atoms with Crippen LogP contribution in [0, 0.1) is 11.7 Å². The molecule has 0 radical (unpaired) electrons. The Morgan fingerprint density at radius 1 is 1.24 bits per heavy atom. The van der Waals surface area contributed by atoms with Gasteiger partial charge in [-0.2, -0.15) is 0 Å². The van der Waals surface area contributed by atoms with E-state index in [-0.39, 0.29) is 23.9 Å². The van der Waals surface area contributed by atoms with Gasteiger partial charge in [-0.1, -0.05) is 25.0 Å². The second-order valence-corrected chi connectivity index (χ2v) is 6.71. The summed E-state index contributed by atoms with van der Waals surface area (Å²) >= 11 is 0. The van der Waals surface area contributed by atoms with Gasteiger partial charge in [-0.05, 0) is 43.4 Å². The van der Waals surface area contributed by atoms with Gasteiger partial charge in [0, 0.05) is 7.05 Å². The topological polar surface area (TPSA) is 71.8 Å². The van der Waals surface area contributed by atoms with Crippen LogP contribution in [0.1, 0.15) is 56.1 Å². The molecule has 0 bridgehead atoms. The van der Waals surface area contributed by atoms with Crippen molar-refractivity contribution in [2.24, 2.45) is 13.0 Å². The number of carbonyl (C=O) groups excluding carboxylic acids is 1. The number of aromatic nitrogens is 3. The van der Waals surface area contributed by atoms with Gasteiger partial charge in [-0.3, -0.25) is 0 Å². The van der Waals surface area contributed by atoms with Crippen LogP contribution < -0.4 is 10.6 Å². The van der Waals surface area contributed by atoms with Gasteiger partial charge in [0.05, 0.1) is 12.1 Å². The first-order chi connectivity index (χ1) is 12.0. The van der Waals surface area contributed by atoms with Crippen LogP contribution in [0.2, 0.25) is 0 Å². The summed E-state index contributed by atoms with van der Waals surface area (Å²) in [6, 6.07) is 5.77. The van der Waals surface area contributed by atoms with Crippen molar-refractivity contribution >= 4 is 6.03 Å².